The predicted octanol–water partition coefficient (Wildman–Crippen LogP) is 1.83. The van der Waals surface area contributed by atoms with Crippen LogP contribution in [0.2, 0.25) is 0 Å². The molecule has 4 bridgehead atoms. The van der Waals surface area contributed by atoms with Crippen LogP contribution in [0.3, 0.4) is 0 Å². The van der Waals surface area contributed by atoms with Crippen molar-refractivity contribution in [3.05, 3.63) is 0 Å². The second kappa shape index (κ2) is 3.78. The van der Waals surface area contributed by atoms with Crippen molar-refractivity contribution < 1.29 is 13.7 Å². The number of hydrogen-bond donors (Lipinski definition) is 0. The molecule has 0 aromatic carbocycles. The van der Waals surface area contributed by atoms with Gasteiger partial charge in [0.25, 0.3) is 0 Å². The first-order valence-electron chi connectivity index (χ1n) is 6.97. The van der Waals surface area contributed by atoms with E-state index in [1.807, 2.05) is 0 Å². The molecule has 0 radical (unpaired) electrons. The van der Waals surface area contributed by atoms with Crippen molar-refractivity contribution in [2.75, 3.05) is 13.2 Å². The van der Waals surface area contributed by atoms with Crippen molar-refractivity contribution in [2.45, 2.75) is 54.8 Å². The zero-order chi connectivity index (χ0) is 11.5. The number of ether oxygens (including phenoxy) is 2. The lowest BCUT2D eigenvalue weighted by Crippen LogP contribution is -2.66. The third-order valence-corrected chi connectivity index (χ3v) is 7.25. The molecule has 5 aliphatic rings. The molecular weight excluding hydrogens is 236 g/mol. The Bertz CT molecular complexity index is 349. The highest BCUT2D eigenvalue weighted by atomic mass is 32.2. The van der Waals surface area contributed by atoms with Crippen LogP contribution in [0.4, 0.5) is 0 Å². The van der Waals surface area contributed by atoms with E-state index in [0.717, 1.165) is 44.8 Å². The van der Waals surface area contributed by atoms with E-state index >= 15 is 0 Å². The molecule has 5 unspecified atom stereocenters. The first kappa shape index (κ1) is 10.9. The van der Waals surface area contributed by atoms with Gasteiger partial charge in [0.2, 0.25) is 0 Å². The number of hydrogen-bond acceptors (Lipinski definition) is 3. The normalized spacial score (nSPS) is 51.6. The van der Waals surface area contributed by atoms with E-state index < -0.39 is 16.6 Å². The van der Waals surface area contributed by atoms with Crippen molar-refractivity contribution in [1.82, 2.24) is 0 Å². The van der Waals surface area contributed by atoms with E-state index in [9.17, 15) is 4.21 Å². The fourth-order valence-corrected chi connectivity index (χ4v) is 6.90. The van der Waals surface area contributed by atoms with Gasteiger partial charge in [0.15, 0.2) is 5.79 Å². The van der Waals surface area contributed by atoms with Crippen LogP contribution in [0.15, 0.2) is 0 Å². The van der Waals surface area contributed by atoms with Gasteiger partial charge < -0.3 is 9.47 Å². The zero-order valence-electron chi connectivity index (χ0n) is 10.1. The molecule has 3 nitrogen and oxygen atoms in total. The minimum atomic E-state index is -0.721. The van der Waals surface area contributed by atoms with Gasteiger partial charge >= 0.3 is 0 Å². The Labute approximate surface area is 105 Å². The Morgan fingerprint density at radius 3 is 2.53 bits per heavy atom. The van der Waals surface area contributed by atoms with Crippen molar-refractivity contribution in [3.63, 3.8) is 0 Å². The summed E-state index contributed by atoms with van der Waals surface area (Å²) in [5.74, 6) is 0.845. The largest absolute Gasteiger partial charge is 0.348 e. The van der Waals surface area contributed by atoms with E-state index in [1.165, 1.54) is 12.8 Å². The summed E-state index contributed by atoms with van der Waals surface area (Å²) in [6.45, 7) is 1.58. The van der Waals surface area contributed by atoms with Crippen LogP contribution < -0.4 is 0 Å². The van der Waals surface area contributed by atoms with Crippen LogP contribution in [0.25, 0.3) is 0 Å². The second-order valence-corrected chi connectivity index (χ2v) is 7.96. The molecule has 0 aromatic rings. The fraction of sp³-hybridized carbons (Fsp3) is 1.00. The average Bonchev–Trinajstić information content (AvgIpc) is 2.58. The number of rotatable bonds is 0. The summed E-state index contributed by atoms with van der Waals surface area (Å²) in [7, 11) is -0.721. The van der Waals surface area contributed by atoms with Gasteiger partial charge in [-0.25, -0.2) is 0 Å². The summed E-state index contributed by atoms with van der Waals surface area (Å²) < 4.78 is 24.8. The molecule has 5 fully saturated rings. The molecular formula is C13H20O3S. The molecule has 4 heteroatoms. The Balaban J connectivity index is 1.72. The maximum absolute atomic E-state index is 12.5. The predicted molar refractivity (Wildman–Crippen MR) is 65.0 cm³/mol. The molecule has 1 spiro atoms. The monoisotopic (exact) mass is 256 g/mol. The molecule has 17 heavy (non-hydrogen) atoms. The van der Waals surface area contributed by atoms with Crippen LogP contribution in [0, 0.1) is 11.8 Å². The topological polar surface area (TPSA) is 35.5 Å². The lowest BCUT2D eigenvalue weighted by atomic mass is 9.67. The smallest absolute Gasteiger partial charge is 0.185 e. The van der Waals surface area contributed by atoms with Gasteiger partial charge in [-0.15, -0.1) is 0 Å². The van der Waals surface area contributed by atoms with Gasteiger partial charge in [0, 0.05) is 22.0 Å². The summed E-state index contributed by atoms with van der Waals surface area (Å²) in [5.41, 5.74) is 0. The summed E-state index contributed by atoms with van der Waals surface area (Å²) in [5, 5.41) is 0.607. The van der Waals surface area contributed by atoms with Crippen LogP contribution in [-0.4, -0.2) is 33.7 Å². The maximum atomic E-state index is 12.5. The van der Waals surface area contributed by atoms with Crippen LogP contribution in [0.5, 0.6) is 0 Å². The van der Waals surface area contributed by atoms with E-state index in [1.54, 1.807) is 0 Å². The Hall–Kier alpha value is 0.0700. The Morgan fingerprint density at radius 1 is 1.00 bits per heavy atom. The maximum Gasteiger partial charge on any atom is 0.185 e. The summed E-state index contributed by atoms with van der Waals surface area (Å²) in [4.78, 5) is 0. The third-order valence-electron chi connectivity index (χ3n) is 5.13. The zero-order valence-corrected chi connectivity index (χ0v) is 10.9. The van der Waals surface area contributed by atoms with Gasteiger partial charge in [0.05, 0.1) is 18.5 Å². The van der Waals surface area contributed by atoms with Crippen molar-refractivity contribution in [3.8, 4) is 0 Å². The minimum absolute atomic E-state index is 0.164. The average molecular weight is 256 g/mol. The van der Waals surface area contributed by atoms with E-state index in [0.29, 0.717) is 11.2 Å². The molecule has 5 atom stereocenters. The lowest BCUT2D eigenvalue weighted by molar-refractivity contribution is -0.280. The first-order valence-corrected chi connectivity index (χ1v) is 8.24. The van der Waals surface area contributed by atoms with Crippen LogP contribution >= 0.6 is 0 Å². The molecule has 5 rings (SSSR count). The van der Waals surface area contributed by atoms with Crippen LogP contribution in [0.1, 0.15) is 38.5 Å². The lowest BCUT2D eigenvalue weighted by Gasteiger charge is -2.58. The second-order valence-electron chi connectivity index (χ2n) is 6.07. The van der Waals surface area contributed by atoms with Gasteiger partial charge in [-0.2, -0.15) is 0 Å². The van der Waals surface area contributed by atoms with Gasteiger partial charge in [-0.1, -0.05) is 0 Å². The molecule has 96 valence electrons. The summed E-state index contributed by atoms with van der Waals surface area (Å²) in [6.07, 6.45) is 6.74. The van der Waals surface area contributed by atoms with E-state index in [4.69, 9.17) is 9.47 Å². The highest BCUT2D eigenvalue weighted by Crippen LogP contribution is 2.56. The van der Waals surface area contributed by atoms with Gasteiger partial charge in [-0.3, -0.25) is 4.21 Å². The Morgan fingerprint density at radius 2 is 1.76 bits per heavy atom. The standard InChI is InChI=1S/C13H20O3S/c14-17-11-6-9-5-10(8-11)13(12(17)7-9)15-3-1-2-4-16-13/h9-12H,1-8H2. The van der Waals surface area contributed by atoms with Crippen molar-refractivity contribution >= 4 is 10.8 Å². The van der Waals surface area contributed by atoms with E-state index in [-0.39, 0.29) is 5.25 Å². The molecule has 3 saturated heterocycles. The first-order chi connectivity index (χ1) is 8.29. The minimum Gasteiger partial charge on any atom is -0.348 e. The molecule has 2 saturated carbocycles. The third kappa shape index (κ3) is 1.44. The van der Waals surface area contributed by atoms with Crippen LogP contribution in [-0.2, 0) is 20.3 Å². The fourth-order valence-electron chi connectivity index (χ4n) is 4.44. The highest BCUT2D eigenvalue weighted by molar-refractivity contribution is 7.86. The molecule has 3 aliphatic heterocycles. The van der Waals surface area contributed by atoms with Crippen molar-refractivity contribution in [2.24, 2.45) is 11.8 Å². The molecule has 3 heterocycles. The summed E-state index contributed by atoms with van der Waals surface area (Å²) in [6, 6.07) is 0. The van der Waals surface area contributed by atoms with Gasteiger partial charge in [-0.05, 0) is 44.4 Å². The van der Waals surface area contributed by atoms with Crippen molar-refractivity contribution in [1.29, 1.82) is 0 Å². The SMILES string of the molecule is O=S1C2CC3CC(C2)C2(OCCCCO2)C1C3. The summed E-state index contributed by atoms with van der Waals surface area (Å²) >= 11 is 0. The molecule has 0 aromatic heterocycles. The quantitative estimate of drug-likeness (QED) is 0.663. The van der Waals surface area contributed by atoms with E-state index in [2.05, 4.69) is 0 Å². The molecule has 2 aliphatic carbocycles. The van der Waals surface area contributed by atoms with Gasteiger partial charge in [0.1, 0.15) is 0 Å². The Kier molecular flexibility index (Phi) is 2.43. The molecule has 0 N–H and O–H groups in total. The molecule has 0 amide bonds. The highest BCUT2D eigenvalue weighted by Gasteiger charge is 2.63.